The van der Waals surface area contributed by atoms with Crippen LogP contribution in [0.15, 0.2) is 42.6 Å². The van der Waals surface area contributed by atoms with Gasteiger partial charge in [0.05, 0.1) is 0 Å². The Hall–Kier alpha value is -2.27. The van der Waals surface area contributed by atoms with Crippen LogP contribution in [0, 0.1) is 5.82 Å². The highest BCUT2D eigenvalue weighted by Gasteiger charge is 2.24. The first-order valence-corrected chi connectivity index (χ1v) is 7.50. The van der Waals surface area contributed by atoms with E-state index in [1.807, 2.05) is 16.7 Å². The molecule has 5 heteroatoms. The summed E-state index contributed by atoms with van der Waals surface area (Å²) < 4.78 is 20.7. The lowest BCUT2D eigenvalue weighted by Crippen LogP contribution is -2.17. The van der Waals surface area contributed by atoms with Crippen LogP contribution in [0.1, 0.15) is 24.6 Å². The van der Waals surface area contributed by atoms with Crippen molar-refractivity contribution in [3.05, 3.63) is 54.2 Å². The number of imidazole rings is 1. The zero-order chi connectivity index (χ0) is 14.9. The normalized spacial score (nSPS) is 16.2. The SMILES string of the molecule is Fc1ccc(-n2c(C3CCOCC3)nc3cccnc32)cc1. The van der Waals surface area contributed by atoms with E-state index < -0.39 is 0 Å². The van der Waals surface area contributed by atoms with E-state index in [2.05, 4.69) is 4.98 Å². The van der Waals surface area contributed by atoms with Gasteiger partial charge in [-0.3, -0.25) is 4.57 Å². The van der Waals surface area contributed by atoms with Gasteiger partial charge in [0.2, 0.25) is 0 Å². The van der Waals surface area contributed by atoms with Gasteiger partial charge in [-0.15, -0.1) is 0 Å². The molecule has 0 aliphatic carbocycles. The van der Waals surface area contributed by atoms with E-state index in [1.165, 1.54) is 12.1 Å². The molecule has 0 unspecified atom stereocenters. The van der Waals surface area contributed by atoms with Crippen molar-refractivity contribution < 1.29 is 9.13 Å². The van der Waals surface area contributed by atoms with Gasteiger partial charge in [-0.2, -0.15) is 0 Å². The van der Waals surface area contributed by atoms with Gasteiger partial charge in [0.15, 0.2) is 5.65 Å². The van der Waals surface area contributed by atoms with Crippen molar-refractivity contribution in [2.45, 2.75) is 18.8 Å². The lowest BCUT2D eigenvalue weighted by atomic mass is 9.99. The van der Waals surface area contributed by atoms with Crippen LogP contribution in [0.2, 0.25) is 0 Å². The maximum atomic E-state index is 13.2. The Morgan fingerprint density at radius 1 is 1.09 bits per heavy atom. The van der Waals surface area contributed by atoms with E-state index in [4.69, 9.17) is 9.72 Å². The van der Waals surface area contributed by atoms with Gasteiger partial charge < -0.3 is 4.74 Å². The zero-order valence-electron chi connectivity index (χ0n) is 12.1. The predicted octanol–water partition coefficient (Wildman–Crippen LogP) is 3.45. The van der Waals surface area contributed by atoms with Crippen LogP contribution in [0.4, 0.5) is 4.39 Å². The van der Waals surface area contributed by atoms with Crippen molar-refractivity contribution in [3.8, 4) is 5.69 Å². The highest BCUT2D eigenvalue weighted by molar-refractivity contribution is 5.74. The fourth-order valence-electron chi connectivity index (χ4n) is 3.00. The van der Waals surface area contributed by atoms with Crippen molar-refractivity contribution in [3.63, 3.8) is 0 Å². The summed E-state index contributed by atoms with van der Waals surface area (Å²) in [5, 5.41) is 0. The third-order valence-corrected chi connectivity index (χ3v) is 4.11. The van der Waals surface area contributed by atoms with E-state index in [0.717, 1.165) is 48.7 Å². The van der Waals surface area contributed by atoms with E-state index >= 15 is 0 Å². The Kier molecular flexibility index (Phi) is 3.35. The minimum absolute atomic E-state index is 0.242. The first-order chi connectivity index (χ1) is 10.8. The van der Waals surface area contributed by atoms with E-state index in [9.17, 15) is 4.39 Å². The lowest BCUT2D eigenvalue weighted by Gasteiger charge is -2.22. The molecule has 4 nitrogen and oxygen atoms in total. The fourth-order valence-corrected chi connectivity index (χ4v) is 3.00. The van der Waals surface area contributed by atoms with E-state index in [1.54, 1.807) is 18.3 Å². The second-order valence-electron chi connectivity index (χ2n) is 5.51. The summed E-state index contributed by atoms with van der Waals surface area (Å²) >= 11 is 0. The number of aromatic nitrogens is 3. The van der Waals surface area contributed by atoms with Crippen molar-refractivity contribution in [1.29, 1.82) is 0 Å². The maximum absolute atomic E-state index is 13.2. The Balaban J connectivity index is 1.91. The minimum Gasteiger partial charge on any atom is -0.381 e. The molecule has 0 radical (unpaired) electrons. The molecule has 1 fully saturated rings. The molecule has 1 saturated heterocycles. The minimum atomic E-state index is -0.242. The molecule has 3 heterocycles. The maximum Gasteiger partial charge on any atom is 0.164 e. The van der Waals surface area contributed by atoms with Crippen molar-refractivity contribution in [1.82, 2.24) is 14.5 Å². The summed E-state index contributed by atoms with van der Waals surface area (Å²) in [6.07, 6.45) is 3.66. The molecule has 0 N–H and O–H groups in total. The van der Waals surface area contributed by atoms with E-state index in [-0.39, 0.29) is 5.82 Å². The van der Waals surface area contributed by atoms with Gasteiger partial charge in [0.1, 0.15) is 17.2 Å². The summed E-state index contributed by atoms with van der Waals surface area (Å²) in [6, 6.07) is 10.3. The molecule has 1 aliphatic heterocycles. The van der Waals surface area contributed by atoms with Crippen LogP contribution in [-0.2, 0) is 4.74 Å². The number of ether oxygens (including phenoxy) is 1. The van der Waals surface area contributed by atoms with Gasteiger partial charge in [0.25, 0.3) is 0 Å². The Morgan fingerprint density at radius 2 is 1.86 bits per heavy atom. The molecule has 1 aliphatic rings. The Bertz CT molecular complexity index is 791. The highest BCUT2D eigenvalue weighted by Crippen LogP contribution is 2.31. The summed E-state index contributed by atoms with van der Waals surface area (Å²) in [5.41, 5.74) is 2.58. The summed E-state index contributed by atoms with van der Waals surface area (Å²) in [6.45, 7) is 1.51. The molecule has 0 atom stereocenters. The molecular formula is C17H16FN3O. The average molecular weight is 297 g/mol. The Labute approximate surface area is 127 Å². The zero-order valence-corrected chi connectivity index (χ0v) is 12.1. The molecule has 3 aromatic rings. The van der Waals surface area contributed by atoms with E-state index in [0.29, 0.717) is 5.92 Å². The number of halogens is 1. The number of fused-ring (bicyclic) bond motifs is 1. The molecule has 22 heavy (non-hydrogen) atoms. The second kappa shape index (κ2) is 5.50. The third-order valence-electron chi connectivity index (χ3n) is 4.11. The largest absolute Gasteiger partial charge is 0.381 e. The molecule has 4 rings (SSSR count). The first-order valence-electron chi connectivity index (χ1n) is 7.50. The molecule has 0 saturated carbocycles. The number of rotatable bonds is 2. The molecule has 0 spiro atoms. The van der Waals surface area contributed by atoms with Crippen LogP contribution in [0.5, 0.6) is 0 Å². The highest BCUT2D eigenvalue weighted by atomic mass is 19.1. The third kappa shape index (κ3) is 2.27. The first kappa shape index (κ1) is 13.4. The van der Waals surface area contributed by atoms with Gasteiger partial charge in [0, 0.05) is 31.0 Å². The van der Waals surface area contributed by atoms with Crippen LogP contribution in [-0.4, -0.2) is 27.7 Å². The summed E-state index contributed by atoms with van der Waals surface area (Å²) in [5.74, 6) is 1.09. The number of hydrogen-bond donors (Lipinski definition) is 0. The molecule has 112 valence electrons. The Morgan fingerprint density at radius 3 is 2.64 bits per heavy atom. The van der Waals surface area contributed by atoms with Crippen molar-refractivity contribution >= 4 is 11.2 Å². The van der Waals surface area contributed by atoms with Crippen molar-refractivity contribution in [2.75, 3.05) is 13.2 Å². The van der Waals surface area contributed by atoms with Gasteiger partial charge in [-0.05, 0) is 49.2 Å². The molecule has 1 aromatic carbocycles. The molecular weight excluding hydrogens is 281 g/mol. The number of pyridine rings is 1. The summed E-state index contributed by atoms with van der Waals surface area (Å²) in [7, 11) is 0. The topological polar surface area (TPSA) is 39.9 Å². The standard InChI is InChI=1S/C17H16FN3O/c18-13-3-5-14(6-4-13)21-16(12-7-10-22-11-8-12)20-15-2-1-9-19-17(15)21/h1-6,9,12H,7-8,10-11H2. The number of hydrogen-bond acceptors (Lipinski definition) is 3. The second-order valence-corrected chi connectivity index (χ2v) is 5.51. The monoisotopic (exact) mass is 297 g/mol. The van der Waals surface area contributed by atoms with Crippen LogP contribution < -0.4 is 0 Å². The van der Waals surface area contributed by atoms with Gasteiger partial charge >= 0.3 is 0 Å². The quantitative estimate of drug-likeness (QED) is 0.727. The summed E-state index contributed by atoms with van der Waals surface area (Å²) in [4.78, 5) is 9.26. The van der Waals surface area contributed by atoms with Gasteiger partial charge in [-0.25, -0.2) is 14.4 Å². The molecule has 0 bridgehead atoms. The van der Waals surface area contributed by atoms with Crippen molar-refractivity contribution in [2.24, 2.45) is 0 Å². The molecule has 2 aromatic heterocycles. The number of nitrogens with zero attached hydrogens (tertiary/aromatic N) is 3. The fraction of sp³-hybridized carbons (Fsp3) is 0.294. The van der Waals surface area contributed by atoms with Crippen LogP contribution >= 0.6 is 0 Å². The van der Waals surface area contributed by atoms with Crippen LogP contribution in [0.3, 0.4) is 0 Å². The van der Waals surface area contributed by atoms with Crippen LogP contribution in [0.25, 0.3) is 16.9 Å². The smallest absolute Gasteiger partial charge is 0.164 e. The molecule has 0 amide bonds. The number of benzene rings is 1. The van der Waals surface area contributed by atoms with Gasteiger partial charge in [-0.1, -0.05) is 0 Å². The predicted molar refractivity (Wildman–Crippen MR) is 81.6 cm³/mol. The lowest BCUT2D eigenvalue weighted by molar-refractivity contribution is 0.0834. The average Bonchev–Trinajstić information content (AvgIpc) is 2.96.